The molecule has 7 unspecified atom stereocenters. The largest absolute Gasteiger partial charge is 0.466 e. The molecule has 530 valence electrons. The van der Waals surface area contributed by atoms with Crippen LogP contribution < -0.4 is 5.32 Å². The van der Waals surface area contributed by atoms with Gasteiger partial charge in [-0.15, -0.1) is 0 Å². The first kappa shape index (κ1) is 85.9. The number of amides is 1. The molecule has 1 saturated heterocycles. The van der Waals surface area contributed by atoms with Crippen molar-refractivity contribution >= 4 is 11.9 Å². The Kier molecular flexibility index (Phi) is 65.2. The van der Waals surface area contributed by atoms with Crippen molar-refractivity contribution in [1.82, 2.24) is 5.32 Å². The van der Waals surface area contributed by atoms with Crippen LogP contribution in [0.15, 0.2) is 36.5 Å². The van der Waals surface area contributed by atoms with Crippen LogP contribution in [0.1, 0.15) is 393 Å². The quantitative estimate of drug-likeness (QED) is 0.0195. The van der Waals surface area contributed by atoms with Gasteiger partial charge in [0.05, 0.1) is 32.0 Å². The van der Waals surface area contributed by atoms with Gasteiger partial charge < -0.3 is 45.1 Å². The van der Waals surface area contributed by atoms with E-state index < -0.39 is 49.5 Å². The molecule has 11 heteroatoms. The molecule has 90 heavy (non-hydrogen) atoms. The van der Waals surface area contributed by atoms with Crippen molar-refractivity contribution in [3.05, 3.63) is 36.5 Å². The van der Waals surface area contributed by atoms with Crippen molar-refractivity contribution < 1.29 is 49.3 Å². The van der Waals surface area contributed by atoms with Crippen LogP contribution in [0.2, 0.25) is 0 Å². The van der Waals surface area contributed by atoms with E-state index in [0.717, 1.165) is 51.4 Å². The van der Waals surface area contributed by atoms with Gasteiger partial charge in [-0.1, -0.05) is 346 Å². The van der Waals surface area contributed by atoms with Gasteiger partial charge in [0.25, 0.3) is 0 Å². The fourth-order valence-corrected chi connectivity index (χ4v) is 12.6. The average Bonchev–Trinajstić information content (AvgIpc) is 2.71. The number of rotatable bonds is 70. The normalized spacial score (nSPS) is 17.8. The lowest BCUT2D eigenvalue weighted by molar-refractivity contribution is -0.302. The molecule has 1 heterocycles. The first-order chi connectivity index (χ1) is 44.2. The van der Waals surface area contributed by atoms with Crippen LogP contribution in [0, 0.1) is 0 Å². The Morgan fingerprint density at radius 1 is 0.400 bits per heavy atom. The maximum Gasteiger partial charge on any atom is 0.305 e. The minimum atomic E-state index is -1.57. The summed E-state index contributed by atoms with van der Waals surface area (Å²) in [4.78, 5) is 25.1. The molecule has 1 aliphatic rings. The van der Waals surface area contributed by atoms with Crippen LogP contribution in [-0.2, 0) is 23.8 Å². The fraction of sp³-hybridized carbons (Fsp3) is 0.899. The Morgan fingerprint density at radius 3 is 1.10 bits per heavy atom. The second-order valence-electron chi connectivity index (χ2n) is 27.4. The summed E-state index contributed by atoms with van der Waals surface area (Å²) in [5, 5.41) is 54.5. The van der Waals surface area contributed by atoms with E-state index >= 15 is 0 Å². The SMILES string of the molecule is CCCCCCCCC/C=C/CC/C=C/C(O)C(COC1OC(CO)C(O)C(O)C1O)NC(=O)CCCCCCCCCCCCCCCCCCC/C=C\CCCCCCCCCCCCCCCCCCOC(=O)CCCCCCCCCCCCCC. The van der Waals surface area contributed by atoms with Gasteiger partial charge in [-0.3, -0.25) is 9.59 Å². The van der Waals surface area contributed by atoms with Gasteiger partial charge in [-0.2, -0.15) is 0 Å². The zero-order valence-electron chi connectivity index (χ0n) is 59.1. The highest BCUT2D eigenvalue weighted by atomic mass is 16.7. The molecule has 0 spiro atoms. The van der Waals surface area contributed by atoms with Crippen molar-refractivity contribution in [3.63, 3.8) is 0 Å². The molecule has 0 radical (unpaired) electrons. The highest BCUT2D eigenvalue weighted by Crippen LogP contribution is 2.24. The number of hydrogen-bond donors (Lipinski definition) is 6. The van der Waals surface area contributed by atoms with Gasteiger partial charge in [0, 0.05) is 12.8 Å². The lowest BCUT2D eigenvalue weighted by Gasteiger charge is -2.40. The predicted molar refractivity (Wildman–Crippen MR) is 380 cm³/mol. The molecule has 1 rings (SSSR count). The van der Waals surface area contributed by atoms with E-state index in [1.165, 1.54) is 315 Å². The van der Waals surface area contributed by atoms with Crippen LogP contribution in [0.4, 0.5) is 0 Å². The Labute approximate surface area is 555 Å². The number of nitrogens with one attached hydrogen (secondary N) is 1. The summed E-state index contributed by atoms with van der Waals surface area (Å²) >= 11 is 0. The molecule has 0 bridgehead atoms. The molecule has 11 nitrogen and oxygen atoms in total. The van der Waals surface area contributed by atoms with Gasteiger partial charge in [0.2, 0.25) is 5.91 Å². The fourth-order valence-electron chi connectivity index (χ4n) is 12.6. The van der Waals surface area contributed by atoms with Crippen LogP contribution in [0.25, 0.3) is 0 Å². The smallest absolute Gasteiger partial charge is 0.305 e. The summed E-state index contributed by atoms with van der Waals surface area (Å²) in [6, 6.07) is -0.824. The summed E-state index contributed by atoms with van der Waals surface area (Å²) in [6.07, 6.45) is 78.9. The molecule has 1 aliphatic heterocycles. The van der Waals surface area contributed by atoms with E-state index in [2.05, 4.69) is 43.5 Å². The molecule has 1 amide bonds. The number of hydrogen-bond acceptors (Lipinski definition) is 10. The van der Waals surface area contributed by atoms with E-state index in [-0.39, 0.29) is 18.5 Å². The maximum atomic E-state index is 13.1. The zero-order chi connectivity index (χ0) is 65.1. The molecule has 0 aromatic heterocycles. The monoisotopic (exact) mass is 1270 g/mol. The molecular formula is C79H149NO10. The third-order valence-electron chi connectivity index (χ3n) is 18.7. The predicted octanol–water partition coefficient (Wildman–Crippen LogP) is 20.9. The van der Waals surface area contributed by atoms with Gasteiger partial charge >= 0.3 is 5.97 Å². The lowest BCUT2D eigenvalue weighted by atomic mass is 9.99. The minimum absolute atomic E-state index is 0.0163. The first-order valence-electron chi connectivity index (χ1n) is 39.3. The second kappa shape index (κ2) is 68.3. The summed E-state index contributed by atoms with van der Waals surface area (Å²) in [5.74, 6) is -0.170. The number of carbonyl (C=O) groups excluding carboxylic acids is 2. The Balaban J connectivity index is 1.91. The summed E-state index contributed by atoms with van der Waals surface area (Å²) in [6.45, 7) is 4.37. The number of allylic oxidation sites excluding steroid dienone is 5. The van der Waals surface area contributed by atoms with Crippen LogP contribution >= 0.6 is 0 Å². The summed E-state index contributed by atoms with van der Waals surface area (Å²) < 4.78 is 16.7. The van der Waals surface area contributed by atoms with Gasteiger partial charge in [-0.25, -0.2) is 0 Å². The number of unbranched alkanes of at least 4 members (excludes halogenated alkanes) is 52. The number of esters is 1. The molecule has 0 aromatic rings. The average molecular weight is 1270 g/mol. The third-order valence-corrected chi connectivity index (χ3v) is 18.7. The summed E-state index contributed by atoms with van der Waals surface area (Å²) in [5.41, 5.74) is 0. The van der Waals surface area contributed by atoms with Crippen LogP contribution in [0.5, 0.6) is 0 Å². The lowest BCUT2D eigenvalue weighted by Crippen LogP contribution is -2.60. The highest BCUT2D eigenvalue weighted by Gasteiger charge is 2.44. The highest BCUT2D eigenvalue weighted by molar-refractivity contribution is 5.76. The Hall–Kier alpha value is -2.12. The van der Waals surface area contributed by atoms with E-state index in [1.807, 2.05) is 6.08 Å². The number of carbonyl (C=O) groups is 2. The molecule has 1 fully saturated rings. The van der Waals surface area contributed by atoms with E-state index in [0.29, 0.717) is 19.4 Å². The number of aliphatic hydroxyl groups is 5. The molecule has 0 aromatic carbocycles. The van der Waals surface area contributed by atoms with Crippen molar-refractivity contribution in [2.75, 3.05) is 19.8 Å². The molecule has 0 saturated carbocycles. The maximum absolute atomic E-state index is 13.1. The van der Waals surface area contributed by atoms with Gasteiger partial charge in [0.15, 0.2) is 6.29 Å². The van der Waals surface area contributed by atoms with Crippen molar-refractivity contribution in [1.29, 1.82) is 0 Å². The van der Waals surface area contributed by atoms with Crippen molar-refractivity contribution in [3.8, 4) is 0 Å². The first-order valence-corrected chi connectivity index (χ1v) is 39.3. The number of ether oxygens (including phenoxy) is 3. The van der Waals surface area contributed by atoms with Gasteiger partial charge in [-0.05, 0) is 70.6 Å². The van der Waals surface area contributed by atoms with Crippen molar-refractivity contribution in [2.24, 2.45) is 0 Å². The zero-order valence-corrected chi connectivity index (χ0v) is 59.1. The standard InChI is InChI=1S/C79H149NO10/c1-3-5-7-9-11-13-15-42-45-49-53-57-61-65-72(82)71(70-89-79-78(87)77(86)76(85)73(69-81)90-79)80-74(83)66-62-58-54-50-46-43-40-38-36-34-32-30-28-26-24-22-20-18-17-19-21-23-25-27-29-31-33-35-37-39-41-44-48-52-56-60-64-68-88-75(84)67-63-59-55-51-47-16-14-12-10-8-6-4-2/h17,19,45,49,61,65,71-73,76-79,81-82,85-87H,3-16,18,20-44,46-48,50-60,62-64,66-70H2,1-2H3,(H,80,83)/b19-17-,49-45+,65-61+. The third kappa shape index (κ3) is 56.2. The van der Waals surface area contributed by atoms with Gasteiger partial charge in [0.1, 0.15) is 24.4 Å². The molecule has 6 N–H and O–H groups in total. The Bertz CT molecular complexity index is 1590. The molecule has 0 aliphatic carbocycles. The summed E-state index contributed by atoms with van der Waals surface area (Å²) in [7, 11) is 0. The van der Waals surface area contributed by atoms with E-state index in [1.54, 1.807) is 6.08 Å². The number of aliphatic hydroxyl groups excluding tert-OH is 5. The van der Waals surface area contributed by atoms with Crippen molar-refractivity contribution in [2.45, 2.75) is 436 Å². The van der Waals surface area contributed by atoms with E-state index in [9.17, 15) is 35.1 Å². The minimum Gasteiger partial charge on any atom is -0.466 e. The topological polar surface area (TPSA) is 175 Å². The van der Waals surface area contributed by atoms with Crippen LogP contribution in [-0.4, -0.2) is 100 Å². The Morgan fingerprint density at radius 2 is 0.722 bits per heavy atom. The van der Waals surface area contributed by atoms with E-state index in [4.69, 9.17) is 14.2 Å². The molecular weight excluding hydrogens is 1120 g/mol. The second-order valence-corrected chi connectivity index (χ2v) is 27.4. The molecule has 7 atom stereocenters. The van der Waals surface area contributed by atoms with Crippen LogP contribution in [0.3, 0.4) is 0 Å².